The molecule has 0 radical (unpaired) electrons. The van der Waals surface area contributed by atoms with E-state index in [4.69, 9.17) is 14.2 Å². The van der Waals surface area contributed by atoms with Gasteiger partial charge in [0.25, 0.3) is 0 Å². The molecule has 1 aromatic heterocycles. The summed E-state index contributed by atoms with van der Waals surface area (Å²) in [6, 6.07) is 20.1. The van der Waals surface area contributed by atoms with Crippen molar-refractivity contribution in [3.63, 3.8) is 0 Å². The molecule has 2 heterocycles. The van der Waals surface area contributed by atoms with E-state index in [1.807, 2.05) is 42.6 Å². The van der Waals surface area contributed by atoms with Crippen molar-refractivity contribution in [1.29, 1.82) is 0 Å². The molecule has 0 aliphatic carbocycles. The van der Waals surface area contributed by atoms with Crippen LogP contribution in [-0.2, 0) is 11.3 Å². The zero-order valence-corrected chi connectivity index (χ0v) is 17.3. The summed E-state index contributed by atoms with van der Waals surface area (Å²) in [5, 5.41) is 1.02. The number of esters is 1. The molecule has 6 nitrogen and oxygen atoms in total. The lowest BCUT2D eigenvalue weighted by Gasteiger charge is -2.08. The first-order valence-electron chi connectivity index (χ1n) is 10.1. The van der Waals surface area contributed by atoms with Crippen molar-refractivity contribution in [2.45, 2.75) is 6.61 Å². The van der Waals surface area contributed by atoms with Gasteiger partial charge in [-0.15, -0.1) is 0 Å². The molecule has 1 N–H and O–H groups in total. The van der Waals surface area contributed by atoms with E-state index < -0.39 is 0 Å². The van der Waals surface area contributed by atoms with Gasteiger partial charge in [0, 0.05) is 28.7 Å². The summed E-state index contributed by atoms with van der Waals surface area (Å²) < 4.78 is 16.4. The monoisotopic (exact) mass is 425 g/mol. The van der Waals surface area contributed by atoms with Crippen molar-refractivity contribution in [2.24, 2.45) is 0 Å². The maximum absolute atomic E-state index is 12.8. The van der Waals surface area contributed by atoms with Crippen LogP contribution < -0.4 is 9.47 Å². The Bertz CT molecular complexity index is 1360. The highest BCUT2D eigenvalue weighted by Crippen LogP contribution is 2.35. The van der Waals surface area contributed by atoms with Gasteiger partial charge in [-0.3, -0.25) is 4.79 Å². The van der Waals surface area contributed by atoms with Crippen LogP contribution in [0.25, 0.3) is 17.0 Å². The van der Waals surface area contributed by atoms with Crippen LogP contribution in [0.2, 0.25) is 0 Å². The fourth-order valence-electron chi connectivity index (χ4n) is 3.63. The Labute approximate surface area is 184 Å². The molecule has 0 unspecified atom stereocenters. The zero-order valence-electron chi connectivity index (χ0n) is 17.3. The first-order chi connectivity index (χ1) is 15.6. The van der Waals surface area contributed by atoms with E-state index in [0.717, 1.165) is 22.0 Å². The maximum atomic E-state index is 12.8. The fourth-order valence-corrected chi connectivity index (χ4v) is 3.63. The van der Waals surface area contributed by atoms with Gasteiger partial charge in [0.1, 0.15) is 18.1 Å². The van der Waals surface area contributed by atoms with Gasteiger partial charge >= 0.3 is 5.97 Å². The summed E-state index contributed by atoms with van der Waals surface area (Å²) in [6.07, 6.45) is 3.61. The Morgan fingerprint density at radius 2 is 1.88 bits per heavy atom. The van der Waals surface area contributed by atoms with E-state index in [-0.39, 0.29) is 17.5 Å². The Kier molecular flexibility index (Phi) is 4.95. The molecule has 3 aromatic carbocycles. The number of hydrogen-bond donors (Lipinski definition) is 1. The van der Waals surface area contributed by atoms with Crippen LogP contribution in [0.15, 0.2) is 78.7 Å². The highest BCUT2D eigenvalue weighted by atomic mass is 16.5. The summed E-state index contributed by atoms with van der Waals surface area (Å²) in [6.45, 7) is 0.312. The van der Waals surface area contributed by atoms with E-state index in [1.54, 1.807) is 36.4 Å². The Balaban J connectivity index is 1.31. The minimum atomic E-state index is -0.380. The van der Waals surface area contributed by atoms with E-state index in [9.17, 15) is 9.59 Å². The van der Waals surface area contributed by atoms with Gasteiger partial charge < -0.3 is 19.2 Å². The number of ether oxygens (including phenoxy) is 3. The van der Waals surface area contributed by atoms with Gasteiger partial charge in [-0.2, -0.15) is 0 Å². The number of nitrogens with one attached hydrogen (secondary N) is 1. The molecule has 5 rings (SSSR count). The van der Waals surface area contributed by atoms with Crippen molar-refractivity contribution >= 4 is 28.7 Å². The number of hydrogen-bond acceptors (Lipinski definition) is 5. The number of Topliss-reactive ketones (excluding diaryl/α,β-unsaturated/α-hetero) is 1. The largest absolute Gasteiger partial charge is 0.489 e. The van der Waals surface area contributed by atoms with E-state index in [1.165, 1.54) is 7.11 Å². The third-order valence-corrected chi connectivity index (χ3v) is 5.33. The lowest BCUT2D eigenvalue weighted by Crippen LogP contribution is -2.02. The van der Waals surface area contributed by atoms with Crippen LogP contribution in [0.3, 0.4) is 0 Å². The van der Waals surface area contributed by atoms with Crippen LogP contribution in [-0.4, -0.2) is 23.8 Å². The number of para-hydroxylation sites is 1. The smallest absolute Gasteiger partial charge is 0.337 e. The summed E-state index contributed by atoms with van der Waals surface area (Å²) in [5.41, 5.74) is 3.78. The molecule has 1 aliphatic heterocycles. The Morgan fingerprint density at radius 1 is 1.06 bits per heavy atom. The molecule has 0 bridgehead atoms. The molecule has 0 fully saturated rings. The average Bonchev–Trinajstić information content (AvgIpc) is 3.38. The number of carbonyl (C=O) groups excluding carboxylic acids is 2. The second kappa shape index (κ2) is 8.07. The molecule has 6 heteroatoms. The van der Waals surface area contributed by atoms with Gasteiger partial charge in [0.15, 0.2) is 5.76 Å². The second-order valence-corrected chi connectivity index (χ2v) is 7.36. The summed E-state index contributed by atoms with van der Waals surface area (Å²) in [5.74, 6) is 0.798. The molecular formula is C26H19NO5. The van der Waals surface area contributed by atoms with Crippen molar-refractivity contribution in [3.05, 3.63) is 101 Å². The third kappa shape index (κ3) is 3.63. The molecule has 4 aromatic rings. The van der Waals surface area contributed by atoms with Gasteiger partial charge in [0.2, 0.25) is 5.78 Å². The van der Waals surface area contributed by atoms with Crippen LogP contribution in [0.1, 0.15) is 31.8 Å². The number of allylic oxidation sites excluding steroid dienone is 1. The zero-order chi connectivity index (χ0) is 22.1. The fraction of sp³-hybridized carbons (Fsp3) is 0.0769. The van der Waals surface area contributed by atoms with Gasteiger partial charge in [0.05, 0.1) is 18.2 Å². The normalized spacial score (nSPS) is 13.8. The molecule has 0 atom stereocenters. The molecule has 158 valence electrons. The minimum Gasteiger partial charge on any atom is -0.489 e. The van der Waals surface area contributed by atoms with E-state index in [2.05, 4.69) is 4.98 Å². The van der Waals surface area contributed by atoms with Crippen LogP contribution in [0.5, 0.6) is 11.5 Å². The highest BCUT2D eigenvalue weighted by Gasteiger charge is 2.28. The first kappa shape index (κ1) is 19.6. The number of benzene rings is 3. The van der Waals surface area contributed by atoms with Crippen LogP contribution in [0.4, 0.5) is 0 Å². The molecule has 1 aliphatic rings. The summed E-state index contributed by atoms with van der Waals surface area (Å²) in [4.78, 5) is 27.5. The van der Waals surface area contributed by atoms with Crippen molar-refractivity contribution in [2.75, 3.05) is 7.11 Å². The molecule has 0 amide bonds. The standard InChI is InChI=1S/C26H19NO5/c1-30-26(29)17-8-6-16(7-9-17)15-31-19-10-11-21-23(13-19)32-24(25(21)28)12-18-14-27-22-5-3-2-4-20(18)22/h2-14,27H,15H2,1H3. The lowest BCUT2D eigenvalue weighted by molar-refractivity contribution is 0.0600. The quantitative estimate of drug-likeness (QED) is 0.353. The van der Waals surface area contributed by atoms with Crippen LogP contribution >= 0.6 is 0 Å². The predicted molar refractivity (Wildman–Crippen MR) is 120 cm³/mol. The number of ketones is 1. The minimum absolute atomic E-state index is 0.157. The summed E-state index contributed by atoms with van der Waals surface area (Å²) >= 11 is 0. The Hall–Kier alpha value is -4.32. The highest BCUT2D eigenvalue weighted by molar-refractivity contribution is 6.15. The predicted octanol–water partition coefficient (Wildman–Crippen LogP) is 5.15. The molecule has 32 heavy (non-hydrogen) atoms. The number of rotatable bonds is 5. The number of methoxy groups -OCH3 is 1. The van der Waals surface area contributed by atoms with Gasteiger partial charge in [-0.05, 0) is 42.0 Å². The van der Waals surface area contributed by atoms with Gasteiger partial charge in [-0.25, -0.2) is 4.79 Å². The maximum Gasteiger partial charge on any atom is 0.337 e. The average molecular weight is 425 g/mol. The van der Waals surface area contributed by atoms with E-state index >= 15 is 0 Å². The van der Waals surface area contributed by atoms with Crippen molar-refractivity contribution in [1.82, 2.24) is 4.98 Å². The van der Waals surface area contributed by atoms with E-state index in [0.29, 0.717) is 29.2 Å². The molecule has 0 saturated carbocycles. The third-order valence-electron chi connectivity index (χ3n) is 5.33. The lowest BCUT2D eigenvalue weighted by atomic mass is 10.1. The molecular weight excluding hydrogens is 406 g/mol. The molecule has 0 spiro atoms. The van der Waals surface area contributed by atoms with Crippen molar-refractivity contribution < 1.29 is 23.8 Å². The second-order valence-electron chi connectivity index (χ2n) is 7.36. The number of H-pyrrole nitrogens is 1. The molecule has 0 saturated heterocycles. The van der Waals surface area contributed by atoms with Crippen molar-refractivity contribution in [3.8, 4) is 11.5 Å². The number of carbonyl (C=O) groups is 2. The number of aromatic nitrogens is 1. The number of fused-ring (bicyclic) bond motifs is 2. The summed E-state index contributed by atoms with van der Waals surface area (Å²) in [7, 11) is 1.35. The first-order valence-corrected chi connectivity index (χ1v) is 10.1. The Morgan fingerprint density at radius 3 is 2.69 bits per heavy atom. The topological polar surface area (TPSA) is 77.6 Å². The number of aromatic amines is 1. The van der Waals surface area contributed by atoms with Gasteiger partial charge in [-0.1, -0.05) is 30.3 Å². The SMILES string of the molecule is COC(=O)c1ccc(COc2ccc3c(c2)OC(=Cc2c[nH]c4ccccc24)C3=O)cc1. The van der Waals surface area contributed by atoms with Crippen LogP contribution in [0, 0.1) is 0 Å².